The summed E-state index contributed by atoms with van der Waals surface area (Å²) in [7, 11) is 0. The SMILES string of the molecule is CSCC(=O)Nc1ccc(Oc2ncnc3sccc23)cc1. The number of nitrogens with one attached hydrogen (secondary N) is 1. The van der Waals surface area contributed by atoms with Crippen LogP contribution in [0.5, 0.6) is 11.6 Å². The van der Waals surface area contributed by atoms with Gasteiger partial charge in [-0.05, 0) is 42.0 Å². The van der Waals surface area contributed by atoms with Crippen molar-refractivity contribution in [1.29, 1.82) is 0 Å². The van der Waals surface area contributed by atoms with Gasteiger partial charge >= 0.3 is 0 Å². The third-order valence-electron chi connectivity index (χ3n) is 2.85. The number of nitrogens with zero attached hydrogens (tertiary/aromatic N) is 2. The van der Waals surface area contributed by atoms with E-state index in [1.165, 1.54) is 18.1 Å². The van der Waals surface area contributed by atoms with Gasteiger partial charge in [0.1, 0.15) is 16.9 Å². The number of rotatable bonds is 5. The molecule has 0 fully saturated rings. The van der Waals surface area contributed by atoms with E-state index in [4.69, 9.17) is 4.74 Å². The Morgan fingerprint density at radius 2 is 2.09 bits per heavy atom. The van der Waals surface area contributed by atoms with Crippen LogP contribution >= 0.6 is 23.1 Å². The molecule has 3 aromatic rings. The first-order valence-corrected chi connectivity index (χ1v) is 8.78. The summed E-state index contributed by atoms with van der Waals surface area (Å²) in [5.41, 5.74) is 0.745. The number of aromatic nitrogens is 2. The minimum Gasteiger partial charge on any atom is -0.438 e. The molecule has 112 valence electrons. The van der Waals surface area contributed by atoms with Crippen molar-refractivity contribution in [2.24, 2.45) is 0 Å². The van der Waals surface area contributed by atoms with E-state index < -0.39 is 0 Å². The molecule has 7 heteroatoms. The predicted molar refractivity (Wildman–Crippen MR) is 90.9 cm³/mol. The average molecular weight is 331 g/mol. The summed E-state index contributed by atoms with van der Waals surface area (Å²) in [6.07, 6.45) is 3.38. The summed E-state index contributed by atoms with van der Waals surface area (Å²) in [5, 5.41) is 5.67. The molecule has 22 heavy (non-hydrogen) atoms. The van der Waals surface area contributed by atoms with Gasteiger partial charge in [-0.3, -0.25) is 4.79 Å². The maximum atomic E-state index is 11.5. The van der Waals surface area contributed by atoms with Crippen molar-refractivity contribution >= 4 is 44.9 Å². The van der Waals surface area contributed by atoms with E-state index in [2.05, 4.69) is 15.3 Å². The molecule has 0 unspecified atom stereocenters. The summed E-state index contributed by atoms with van der Waals surface area (Å²) in [4.78, 5) is 20.8. The topological polar surface area (TPSA) is 64.1 Å². The van der Waals surface area contributed by atoms with E-state index in [-0.39, 0.29) is 5.91 Å². The van der Waals surface area contributed by atoms with E-state index in [9.17, 15) is 4.79 Å². The fourth-order valence-electron chi connectivity index (χ4n) is 1.89. The number of carbonyl (C=O) groups is 1. The molecule has 0 atom stereocenters. The first-order chi connectivity index (χ1) is 10.8. The third-order valence-corrected chi connectivity index (χ3v) is 4.22. The van der Waals surface area contributed by atoms with Crippen LogP contribution in [0.15, 0.2) is 42.0 Å². The normalized spacial score (nSPS) is 10.6. The molecule has 1 aromatic carbocycles. The van der Waals surface area contributed by atoms with Gasteiger partial charge in [0.15, 0.2) is 0 Å². The van der Waals surface area contributed by atoms with Gasteiger partial charge in [0.2, 0.25) is 11.8 Å². The van der Waals surface area contributed by atoms with Crippen molar-refractivity contribution < 1.29 is 9.53 Å². The molecule has 0 saturated heterocycles. The number of hydrogen-bond acceptors (Lipinski definition) is 6. The van der Waals surface area contributed by atoms with Crippen LogP contribution in [0.1, 0.15) is 0 Å². The van der Waals surface area contributed by atoms with Crippen LogP contribution < -0.4 is 10.1 Å². The molecule has 0 aliphatic rings. The molecule has 0 aliphatic heterocycles. The zero-order valence-electron chi connectivity index (χ0n) is 11.8. The first kappa shape index (κ1) is 14.8. The van der Waals surface area contributed by atoms with Gasteiger partial charge in [-0.25, -0.2) is 9.97 Å². The zero-order valence-corrected chi connectivity index (χ0v) is 13.4. The first-order valence-electron chi connectivity index (χ1n) is 6.51. The van der Waals surface area contributed by atoms with Gasteiger partial charge in [0, 0.05) is 5.69 Å². The Morgan fingerprint density at radius 3 is 2.86 bits per heavy atom. The molecule has 5 nitrogen and oxygen atoms in total. The lowest BCUT2D eigenvalue weighted by Crippen LogP contribution is -2.13. The molecule has 1 amide bonds. The van der Waals surface area contributed by atoms with Gasteiger partial charge in [0.25, 0.3) is 0 Å². The van der Waals surface area contributed by atoms with Gasteiger partial charge in [-0.1, -0.05) is 0 Å². The molecule has 0 spiro atoms. The maximum absolute atomic E-state index is 11.5. The fourth-order valence-corrected chi connectivity index (χ4v) is 2.95. The van der Waals surface area contributed by atoms with Gasteiger partial charge < -0.3 is 10.1 Å². The smallest absolute Gasteiger partial charge is 0.234 e. The van der Waals surface area contributed by atoms with E-state index in [0.717, 1.165) is 15.9 Å². The Bertz CT molecular complexity index is 787. The lowest BCUT2D eigenvalue weighted by Gasteiger charge is -2.07. The highest BCUT2D eigenvalue weighted by atomic mass is 32.2. The lowest BCUT2D eigenvalue weighted by molar-refractivity contribution is -0.113. The van der Waals surface area contributed by atoms with Crippen LogP contribution in [0.4, 0.5) is 5.69 Å². The van der Waals surface area contributed by atoms with Crippen molar-refractivity contribution in [3.8, 4) is 11.6 Å². The maximum Gasteiger partial charge on any atom is 0.234 e. The Labute approximate surface area is 135 Å². The Morgan fingerprint density at radius 1 is 1.27 bits per heavy atom. The highest BCUT2D eigenvalue weighted by Gasteiger charge is 2.07. The van der Waals surface area contributed by atoms with Crippen LogP contribution in [-0.4, -0.2) is 27.9 Å². The number of carbonyl (C=O) groups excluding carboxylic acids is 1. The second kappa shape index (κ2) is 6.76. The molecule has 0 bridgehead atoms. The van der Waals surface area contributed by atoms with Gasteiger partial charge in [0.05, 0.1) is 11.1 Å². The number of anilines is 1. The minimum atomic E-state index is -0.0167. The molecule has 2 aromatic heterocycles. The highest BCUT2D eigenvalue weighted by Crippen LogP contribution is 2.29. The molecule has 0 saturated carbocycles. The number of benzene rings is 1. The van der Waals surface area contributed by atoms with Crippen LogP contribution in [0.3, 0.4) is 0 Å². The highest BCUT2D eigenvalue weighted by molar-refractivity contribution is 7.99. The zero-order chi connectivity index (χ0) is 15.4. The number of amides is 1. The van der Waals surface area contributed by atoms with Crippen molar-refractivity contribution in [2.75, 3.05) is 17.3 Å². The Hall–Kier alpha value is -2.12. The van der Waals surface area contributed by atoms with Crippen molar-refractivity contribution in [3.05, 3.63) is 42.0 Å². The molecule has 0 radical (unpaired) electrons. The van der Waals surface area contributed by atoms with E-state index in [1.807, 2.05) is 17.7 Å². The van der Waals surface area contributed by atoms with Crippen molar-refractivity contribution in [2.45, 2.75) is 0 Å². The number of fused-ring (bicyclic) bond motifs is 1. The van der Waals surface area contributed by atoms with Crippen LogP contribution in [0, 0.1) is 0 Å². The summed E-state index contributed by atoms with van der Waals surface area (Å²) in [6, 6.07) is 9.15. The van der Waals surface area contributed by atoms with Crippen LogP contribution in [-0.2, 0) is 4.79 Å². The number of ether oxygens (including phenoxy) is 1. The standard InChI is InChI=1S/C15H13N3O2S2/c1-21-8-13(19)18-10-2-4-11(5-3-10)20-14-12-6-7-22-15(12)17-9-16-14/h2-7,9H,8H2,1H3,(H,18,19). The summed E-state index contributed by atoms with van der Waals surface area (Å²) >= 11 is 3.03. The predicted octanol–water partition coefficient (Wildman–Crippen LogP) is 3.79. The number of thiophene rings is 1. The quantitative estimate of drug-likeness (QED) is 0.771. The van der Waals surface area contributed by atoms with Crippen molar-refractivity contribution in [1.82, 2.24) is 9.97 Å². The molecule has 0 aliphatic carbocycles. The molecule has 3 rings (SSSR count). The minimum absolute atomic E-state index is 0.0167. The second-order valence-corrected chi connectivity index (χ2v) is 6.19. The monoisotopic (exact) mass is 331 g/mol. The molecule has 2 heterocycles. The van der Waals surface area contributed by atoms with Crippen LogP contribution in [0.25, 0.3) is 10.2 Å². The van der Waals surface area contributed by atoms with Gasteiger partial charge in [-0.15, -0.1) is 11.3 Å². The Balaban J connectivity index is 1.73. The Kier molecular flexibility index (Phi) is 4.55. The molecule has 1 N–H and O–H groups in total. The number of hydrogen-bond donors (Lipinski definition) is 1. The van der Waals surface area contributed by atoms with E-state index >= 15 is 0 Å². The summed E-state index contributed by atoms with van der Waals surface area (Å²) in [5.74, 6) is 1.62. The number of thioether (sulfide) groups is 1. The van der Waals surface area contributed by atoms with E-state index in [1.54, 1.807) is 35.6 Å². The molecular weight excluding hydrogens is 318 g/mol. The van der Waals surface area contributed by atoms with Gasteiger partial charge in [-0.2, -0.15) is 11.8 Å². The van der Waals surface area contributed by atoms with Crippen LogP contribution in [0.2, 0.25) is 0 Å². The van der Waals surface area contributed by atoms with Crippen molar-refractivity contribution in [3.63, 3.8) is 0 Å². The average Bonchev–Trinajstić information content (AvgIpc) is 2.99. The van der Waals surface area contributed by atoms with E-state index in [0.29, 0.717) is 17.4 Å². The second-order valence-electron chi connectivity index (χ2n) is 4.43. The summed E-state index contributed by atoms with van der Waals surface area (Å²) in [6.45, 7) is 0. The largest absolute Gasteiger partial charge is 0.438 e. The fraction of sp³-hybridized carbons (Fsp3) is 0.133. The lowest BCUT2D eigenvalue weighted by atomic mass is 10.3. The third kappa shape index (κ3) is 3.37. The summed E-state index contributed by atoms with van der Waals surface area (Å²) < 4.78 is 5.80. The molecular formula is C15H13N3O2S2.